The first kappa shape index (κ1) is 22.6. The molecule has 6 rings (SSSR count). The Morgan fingerprint density at radius 1 is 1.06 bits per heavy atom. The predicted molar refractivity (Wildman–Crippen MR) is 133 cm³/mol. The standard InChI is InChI=1S/C27H33BrClNO2/c1-17(27-12-19-6-20(13-27)8-21(7-19)14-27)30-15-22-10-24(28)26(25(11-22)31-2)32-16-18-4-3-5-23(29)9-18/h3-5,9-11,17,19-21,30H,6-8,12-16H2,1-2H3. The van der Waals surface area contributed by atoms with Crippen LogP contribution in [-0.2, 0) is 13.2 Å². The highest BCUT2D eigenvalue weighted by Gasteiger charge is 2.52. The highest BCUT2D eigenvalue weighted by Crippen LogP contribution is 2.61. The van der Waals surface area contributed by atoms with Crippen molar-refractivity contribution in [1.82, 2.24) is 5.32 Å². The summed E-state index contributed by atoms with van der Waals surface area (Å²) >= 11 is 9.81. The molecule has 4 fully saturated rings. The van der Waals surface area contributed by atoms with Gasteiger partial charge >= 0.3 is 0 Å². The molecular weight excluding hydrogens is 486 g/mol. The van der Waals surface area contributed by atoms with E-state index in [0.29, 0.717) is 23.1 Å². The van der Waals surface area contributed by atoms with E-state index in [4.69, 9.17) is 21.1 Å². The monoisotopic (exact) mass is 517 g/mol. The van der Waals surface area contributed by atoms with Crippen LogP contribution in [0.1, 0.15) is 56.6 Å². The lowest BCUT2D eigenvalue weighted by Gasteiger charge is -2.59. The summed E-state index contributed by atoms with van der Waals surface area (Å²) in [5, 5.41) is 4.60. The highest BCUT2D eigenvalue weighted by molar-refractivity contribution is 9.10. The summed E-state index contributed by atoms with van der Waals surface area (Å²) < 4.78 is 12.7. The SMILES string of the molecule is COc1cc(CNC(C)C23CC4CC(CC(C4)C2)C3)cc(Br)c1OCc1cccc(Cl)c1. The van der Waals surface area contributed by atoms with Crippen molar-refractivity contribution in [2.45, 2.75) is 64.6 Å². The molecule has 0 heterocycles. The van der Waals surface area contributed by atoms with Crippen LogP contribution in [0.15, 0.2) is 40.9 Å². The Hall–Kier alpha value is -1.23. The Balaban J connectivity index is 1.25. The van der Waals surface area contributed by atoms with Crippen LogP contribution < -0.4 is 14.8 Å². The molecule has 1 atom stereocenters. The Morgan fingerprint density at radius 3 is 2.38 bits per heavy atom. The average Bonchev–Trinajstić information content (AvgIpc) is 2.75. The zero-order valence-corrected chi connectivity index (χ0v) is 21.3. The predicted octanol–water partition coefficient (Wildman–Crippen LogP) is 7.38. The normalized spacial score (nSPS) is 29.2. The first-order chi connectivity index (χ1) is 15.4. The molecule has 4 saturated carbocycles. The fourth-order valence-corrected chi connectivity index (χ4v) is 7.81. The molecule has 0 amide bonds. The summed E-state index contributed by atoms with van der Waals surface area (Å²) in [6.07, 6.45) is 8.76. The fourth-order valence-electron chi connectivity index (χ4n) is 6.99. The van der Waals surface area contributed by atoms with Crippen LogP contribution in [0.25, 0.3) is 0 Å². The minimum absolute atomic E-state index is 0.441. The molecule has 0 aliphatic heterocycles. The van der Waals surface area contributed by atoms with Crippen molar-refractivity contribution in [3.63, 3.8) is 0 Å². The molecule has 4 aliphatic rings. The third-order valence-corrected chi connectivity index (χ3v) is 9.00. The van der Waals surface area contributed by atoms with Gasteiger partial charge in [-0.15, -0.1) is 0 Å². The number of methoxy groups -OCH3 is 1. The second-order valence-electron chi connectivity index (χ2n) is 10.4. The van der Waals surface area contributed by atoms with Gasteiger partial charge in [-0.3, -0.25) is 0 Å². The summed E-state index contributed by atoms with van der Waals surface area (Å²) in [6.45, 7) is 3.70. The van der Waals surface area contributed by atoms with Gasteiger partial charge in [-0.2, -0.15) is 0 Å². The van der Waals surface area contributed by atoms with E-state index in [2.05, 4.69) is 40.3 Å². The molecule has 0 radical (unpaired) electrons. The van der Waals surface area contributed by atoms with Crippen LogP contribution in [0.2, 0.25) is 5.02 Å². The van der Waals surface area contributed by atoms with E-state index in [-0.39, 0.29) is 0 Å². The van der Waals surface area contributed by atoms with Gasteiger partial charge in [0.25, 0.3) is 0 Å². The first-order valence-electron chi connectivity index (χ1n) is 11.9. The lowest BCUT2D eigenvalue weighted by Crippen LogP contribution is -2.54. The van der Waals surface area contributed by atoms with E-state index in [1.807, 2.05) is 24.3 Å². The van der Waals surface area contributed by atoms with Gasteiger partial charge in [0.2, 0.25) is 0 Å². The molecule has 5 heteroatoms. The van der Waals surface area contributed by atoms with E-state index in [1.165, 1.54) is 44.1 Å². The maximum atomic E-state index is 6.10. The largest absolute Gasteiger partial charge is 0.493 e. The van der Waals surface area contributed by atoms with Gasteiger partial charge in [0.15, 0.2) is 11.5 Å². The van der Waals surface area contributed by atoms with Crippen molar-refractivity contribution in [2.75, 3.05) is 7.11 Å². The van der Waals surface area contributed by atoms with Crippen LogP contribution in [0.3, 0.4) is 0 Å². The van der Waals surface area contributed by atoms with Crippen LogP contribution in [0, 0.1) is 23.2 Å². The van der Waals surface area contributed by atoms with Crippen LogP contribution >= 0.6 is 27.5 Å². The summed E-state index contributed by atoms with van der Waals surface area (Å²) in [5.74, 6) is 4.42. The van der Waals surface area contributed by atoms with Gasteiger partial charge in [0, 0.05) is 17.6 Å². The smallest absolute Gasteiger partial charge is 0.175 e. The number of nitrogens with one attached hydrogen (secondary N) is 1. The molecule has 172 valence electrons. The zero-order chi connectivity index (χ0) is 22.3. The van der Waals surface area contributed by atoms with Crippen LogP contribution in [0.4, 0.5) is 0 Å². The molecule has 4 bridgehead atoms. The summed E-state index contributed by atoms with van der Waals surface area (Å²) in [6, 6.07) is 12.5. The lowest BCUT2D eigenvalue weighted by molar-refractivity contribution is -0.0706. The summed E-state index contributed by atoms with van der Waals surface area (Å²) in [7, 11) is 1.70. The Labute approximate surface area is 205 Å². The third-order valence-electron chi connectivity index (χ3n) is 8.18. The van der Waals surface area contributed by atoms with Gasteiger partial charge in [-0.05, 0) is 120 Å². The Morgan fingerprint density at radius 2 is 1.75 bits per heavy atom. The maximum absolute atomic E-state index is 6.10. The highest BCUT2D eigenvalue weighted by atomic mass is 79.9. The van der Waals surface area contributed by atoms with E-state index in [9.17, 15) is 0 Å². The van der Waals surface area contributed by atoms with E-state index in [1.54, 1.807) is 7.11 Å². The Bertz CT molecular complexity index is 943. The van der Waals surface area contributed by atoms with Crippen LogP contribution in [0.5, 0.6) is 11.5 Å². The average molecular weight is 519 g/mol. The molecule has 0 aromatic heterocycles. The van der Waals surface area contributed by atoms with Crippen molar-refractivity contribution in [3.05, 3.63) is 57.0 Å². The first-order valence-corrected chi connectivity index (χ1v) is 13.1. The van der Waals surface area contributed by atoms with E-state index >= 15 is 0 Å². The minimum Gasteiger partial charge on any atom is -0.493 e. The number of hydrogen-bond acceptors (Lipinski definition) is 3. The molecular formula is C27H33BrClNO2. The van der Waals surface area contributed by atoms with Crippen LogP contribution in [-0.4, -0.2) is 13.2 Å². The Kier molecular flexibility index (Phi) is 6.48. The fraction of sp³-hybridized carbons (Fsp3) is 0.556. The third kappa shape index (κ3) is 4.56. The second kappa shape index (κ2) is 9.19. The number of ether oxygens (including phenoxy) is 2. The topological polar surface area (TPSA) is 30.5 Å². The molecule has 2 aromatic rings. The van der Waals surface area contributed by atoms with E-state index in [0.717, 1.165) is 45.8 Å². The molecule has 1 N–H and O–H groups in total. The quantitative estimate of drug-likeness (QED) is 0.395. The maximum Gasteiger partial charge on any atom is 0.175 e. The van der Waals surface area contributed by atoms with Gasteiger partial charge < -0.3 is 14.8 Å². The van der Waals surface area contributed by atoms with Crippen molar-refractivity contribution < 1.29 is 9.47 Å². The molecule has 1 unspecified atom stereocenters. The molecule has 0 saturated heterocycles. The van der Waals surface area contributed by atoms with Gasteiger partial charge in [0.1, 0.15) is 6.61 Å². The van der Waals surface area contributed by atoms with Crippen molar-refractivity contribution in [2.24, 2.45) is 23.2 Å². The molecule has 3 nitrogen and oxygen atoms in total. The summed E-state index contributed by atoms with van der Waals surface area (Å²) in [5.41, 5.74) is 2.75. The number of hydrogen-bond donors (Lipinski definition) is 1. The van der Waals surface area contributed by atoms with Gasteiger partial charge in [-0.1, -0.05) is 23.7 Å². The molecule has 0 spiro atoms. The zero-order valence-electron chi connectivity index (χ0n) is 19.0. The molecule has 32 heavy (non-hydrogen) atoms. The lowest BCUT2D eigenvalue weighted by atomic mass is 9.48. The van der Waals surface area contributed by atoms with Crippen molar-refractivity contribution in [1.29, 1.82) is 0 Å². The molecule has 2 aromatic carbocycles. The van der Waals surface area contributed by atoms with Crippen molar-refractivity contribution in [3.8, 4) is 11.5 Å². The van der Waals surface area contributed by atoms with Crippen molar-refractivity contribution >= 4 is 27.5 Å². The molecule has 4 aliphatic carbocycles. The number of benzene rings is 2. The second-order valence-corrected chi connectivity index (χ2v) is 11.7. The van der Waals surface area contributed by atoms with Gasteiger partial charge in [-0.25, -0.2) is 0 Å². The minimum atomic E-state index is 0.441. The van der Waals surface area contributed by atoms with E-state index < -0.39 is 0 Å². The van der Waals surface area contributed by atoms with Gasteiger partial charge in [0.05, 0.1) is 11.6 Å². The number of rotatable bonds is 8. The summed E-state index contributed by atoms with van der Waals surface area (Å²) in [4.78, 5) is 0. The number of halogens is 2.